The van der Waals surface area contributed by atoms with Gasteiger partial charge in [-0.3, -0.25) is 4.79 Å². The number of methoxy groups -OCH3 is 1. The van der Waals surface area contributed by atoms with Crippen LogP contribution in [0.3, 0.4) is 0 Å². The second-order valence-electron chi connectivity index (χ2n) is 6.21. The smallest absolute Gasteiger partial charge is 0.232 e. The molecule has 28 heavy (non-hydrogen) atoms. The van der Waals surface area contributed by atoms with Gasteiger partial charge in [-0.1, -0.05) is 29.8 Å². The highest BCUT2D eigenvalue weighted by Crippen LogP contribution is 2.24. The molecule has 7 heteroatoms. The molecule has 3 rings (SSSR count). The first-order chi connectivity index (χ1) is 13.6. The quantitative estimate of drug-likeness (QED) is 0.523. The number of amides is 1. The molecule has 0 unspecified atom stereocenters. The lowest BCUT2D eigenvalue weighted by atomic mass is 10.2. The number of aromatic nitrogens is 1. The van der Waals surface area contributed by atoms with Crippen molar-refractivity contribution in [3.05, 3.63) is 71.1 Å². The van der Waals surface area contributed by atoms with E-state index < -0.39 is 0 Å². The minimum absolute atomic E-state index is 0.0267. The molecule has 1 heterocycles. The Morgan fingerprint density at radius 2 is 2.04 bits per heavy atom. The first kappa shape index (κ1) is 20.3. The average molecular weight is 417 g/mol. The summed E-state index contributed by atoms with van der Waals surface area (Å²) in [5, 5.41) is 0.617. The molecule has 0 aliphatic heterocycles. The van der Waals surface area contributed by atoms with Crippen LogP contribution in [0.1, 0.15) is 11.3 Å². The monoisotopic (exact) mass is 416 g/mol. The molecule has 0 radical (unpaired) electrons. The number of thioether (sulfide) groups is 1. The van der Waals surface area contributed by atoms with E-state index in [9.17, 15) is 4.79 Å². The number of ether oxygens (including phenoxy) is 1. The van der Waals surface area contributed by atoms with E-state index in [1.54, 1.807) is 37.5 Å². The molecule has 0 aliphatic carbocycles. The van der Waals surface area contributed by atoms with E-state index in [0.29, 0.717) is 34.7 Å². The first-order valence-electron chi connectivity index (χ1n) is 8.70. The van der Waals surface area contributed by atoms with E-state index in [4.69, 9.17) is 20.8 Å². The summed E-state index contributed by atoms with van der Waals surface area (Å²) in [6.45, 7) is 0.436. The highest BCUT2D eigenvalue weighted by atomic mass is 35.5. The summed E-state index contributed by atoms with van der Waals surface area (Å²) in [6.07, 6.45) is 1.64. The van der Waals surface area contributed by atoms with Gasteiger partial charge in [-0.15, -0.1) is 11.8 Å². The fourth-order valence-corrected chi connectivity index (χ4v) is 3.69. The van der Waals surface area contributed by atoms with Gasteiger partial charge in [-0.05, 0) is 30.3 Å². The largest absolute Gasteiger partial charge is 0.496 e. The molecule has 2 aromatic carbocycles. The van der Waals surface area contributed by atoms with Crippen molar-refractivity contribution in [2.45, 2.75) is 12.3 Å². The molecule has 1 amide bonds. The van der Waals surface area contributed by atoms with Crippen molar-refractivity contribution in [1.29, 1.82) is 0 Å². The van der Waals surface area contributed by atoms with Gasteiger partial charge in [0.25, 0.3) is 0 Å². The normalized spacial score (nSPS) is 10.7. The van der Waals surface area contributed by atoms with Gasteiger partial charge in [0, 0.05) is 35.5 Å². The Labute approximate surface area is 173 Å². The van der Waals surface area contributed by atoms with Crippen molar-refractivity contribution in [2.24, 2.45) is 0 Å². The van der Waals surface area contributed by atoms with E-state index in [1.807, 2.05) is 36.4 Å². The predicted molar refractivity (Wildman–Crippen MR) is 113 cm³/mol. The highest BCUT2D eigenvalue weighted by molar-refractivity contribution is 7.99. The predicted octanol–water partition coefficient (Wildman–Crippen LogP) is 4.90. The van der Waals surface area contributed by atoms with E-state index >= 15 is 0 Å². The van der Waals surface area contributed by atoms with Crippen LogP contribution in [0.5, 0.6) is 5.75 Å². The summed E-state index contributed by atoms with van der Waals surface area (Å²) >= 11 is 7.56. The molecule has 0 saturated carbocycles. The third-order valence-electron chi connectivity index (χ3n) is 4.12. The average Bonchev–Trinajstić information content (AvgIpc) is 3.17. The lowest BCUT2D eigenvalue weighted by molar-refractivity contribution is -0.127. The maximum atomic E-state index is 12.4. The first-order valence-corrected chi connectivity index (χ1v) is 10.2. The molecule has 0 atom stereocenters. The van der Waals surface area contributed by atoms with Crippen molar-refractivity contribution in [2.75, 3.05) is 19.9 Å². The molecule has 0 spiro atoms. The zero-order chi connectivity index (χ0) is 19.9. The minimum atomic E-state index is 0.0267. The molecule has 0 aliphatic rings. The number of oxazole rings is 1. The topological polar surface area (TPSA) is 55.6 Å². The summed E-state index contributed by atoms with van der Waals surface area (Å²) in [6, 6.07) is 15.1. The number of halogens is 1. The molecule has 0 saturated heterocycles. The van der Waals surface area contributed by atoms with Gasteiger partial charge in [-0.25, -0.2) is 4.98 Å². The zero-order valence-corrected chi connectivity index (χ0v) is 17.3. The molecule has 146 valence electrons. The van der Waals surface area contributed by atoms with Crippen LogP contribution in [0, 0.1) is 0 Å². The summed E-state index contributed by atoms with van der Waals surface area (Å²) in [4.78, 5) is 18.6. The molecule has 3 aromatic rings. The number of carbonyl (C=O) groups is 1. The standard InChI is InChI=1S/C21H21ClN2O3S/c1-24(11-16-10-17(22)8-9-19(16)26-2)20(25)14-28-13-18-12-27-21(23-18)15-6-4-3-5-7-15/h3-10,12H,11,13-14H2,1-2H3. The van der Waals surface area contributed by atoms with Gasteiger partial charge >= 0.3 is 0 Å². The maximum absolute atomic E-state index is 12.4. The molecular weight excluding hydrogens is 396 g/mol. The number of rotatable bonds is 8. The highest BCUT2D eigenvalue weighted by Gasteiger charge is 2.14. The van der Waals surface area contributed by atoms with E-state index in [1.165, 1.54) is 11.8 Å². The maximum Gasteiger partial charge on any atom is 0.232 e. The van der Waals surface area contributed by atoms with Crippen LogP contribution in [0.2, 0.25) is 5.02 Å². The third-order valence-corrected chi connectivity index (χ3v) is 5.31. The Bertz CT molecular complexity index is 930. The van der Waals surface area contributed by atoms with Crippen LogP contribution in [0.15, 0.2) is 59.2 Å². The fraction of sp³-hybridized carbons (Fsp3) is 0.238. The van der Waals surface area contributed by atoms with Crippen LogP contribution in [-0.4, -0.2) is 35.7 Å². The van der Waals surface area contributed by atoms with Crippen LogP contribution in [-0.2, 0) is 17.1 Å². The number of hydrogen-bond donors (Lipinski definition) is 0. The SMILES string of the molecule is COc1ccc(Cl)cc1CN(C)C(=O)CSCc1coc(-c2ccccc2)n1. The van der Waals surface area contributed by atoms with Gasteiger partial charge in [-0.2, -0.15) is 0 Å². The van der Waals surface area contributed by atoms with Gasteiger partial charge in [0.2, 0.25) is 11.8 Å². The number of carbonyl (C=O) groups excluding carboxylic acids is 1. The second-order valence-corrected chi connectivity index (χ2v) is 7.63. The summed E-state index contributed by atoms with van der Waals surface area (Å²) < 4.78 is 10.9. The van der Waals surface area contributed by atoms with Crippen molar-refractivity contribution in [1.82, 2.24) is 9.88 Å². The number of nitrogens with zero attached hydrogens (tertiary/aromatic N) is 2. The van der Waals surface area contributed by atoms with Gasteiger partial charge < -0.3 is 14.1 Å². The van der Waals surface area contributed by atoms with Crippen LogP contribution >= 0.6 is 23.4 Å². The van der Waals surface area contributed by atoms with Crippen molar-refractivity contribution in [3.8, 4) is 17.2 Å². The number of benzene rings is 2. The lowest BCUT2D eigenvalue weighted by Gasteiger charge is -2.19. The second kappa shape index (κ2) is 9.66. The Morgan fingerprint density at radius 3 is 2.79 bits per heavy atom. The third kappa shape index (κ3) is 5.30. The van der Waals surface area contributed by atoms with Crippen LogP contribution in [0.4, 0.5) is 0 Å². The molecule has 5 nitrogen and oxygen atoms in total. The van der Waals surface area contributed by atoms with Crippen LogP contribution < -0.4 is 4.74 Å². The van der Waals surface area contributed by atoms with Gasteiger partial charge in [0.15, 0.2) is 0 Å². The molecule has 0 N–H and O–H groups in total. The molecule has 0 bridgehead atoms. The summed E-state index contributed by atoms with van der Waals surface area (Å²) in [5.74, 6) is 2.29. The van der Waals surface area contributed by atoms with E-state index in [2.05, 4.69) is 4.98 Å². The van der Waals surface area contributed by atoms with E-state index in [0.717, 1.165) is 16.8 Å². The minimum Gasteiger partial charge on any atom is -0.496 e. The Morgan fingerprint density at radius 1 is 1.25 bits per heavy atom. The summed E-state index contributed by atoms with van der Waals surface area (Å²) in [5.41, 5.74) is 2.63. The summed E-state index contributed by atoms with van der Waals surface area (Å²) in [7, 11) is 3.37. The lowest BCUT2D eigenvalue weighted by Crippen LogP contribution is -2.28. The Balaban J connectivity index is 1.50. The zero-order valence-electron chi connectivity index (χ0n) is 15.7. The Kier molecular flexibility index (Phi) is 7.01. The molecule has 0 fully saturated rings. The van der Waals surface area contributed by atoms with Crippen molar-refractivity contribution in [3.63, 3.8) is 0 Å². The number of hydrogen-bond acceptors (Lipinski definition) is 5. The van der Waals surface area contributed by atoms with E-state index in [-0.39, 0.29) is 5.91 Å². The Hall–Kier alpha value is -2.44. The van der Waals surface area contributed by atoms with Crippen molar-refractivity contribution >= 4 is 29.3 Å². The molecule has 1 aromatic heterocycles. The van der Waals surface area contributed by atoms with Gasteiger partial charge in [0.1, 0.15) is 12.0 Å². The van der Waals surface area contributed by atoms with Crippen molar-refractivity contribution < 1.29 is 13.9 Å². The van der Waals surface area contributed by atoms with Crippen LogP contribution in [0.25, 0.3) is 11.5 Å². The fourth-order valence-electron chi connectivity index (χ4n) is 2.65. The van der Waals surface area contributed by atoms with Gasteiger partial charge in [0.05, 0.1) is 18.6 Å². The molecular formula is C21H21ClN2O3S.